The van der Waals surface area contributed by atoms with Gasteiger partial charge in [0, 0.05) is 18.1 Å². The van der Waals surface area contributed by atoms with Gasteiger partial charge in [-0.15, -0.1) is 0 Å². The molecule has 2 heterocycles. The van der Waals surface area contributed by atoms with E-state index in [1.54, 1.807) is 23.1 Å². The SMILES string of the molecule is CC(C)(C)OC(=O)N1CC=C(c2c(F)ccc3c2OC[C@@H](c2ccc(Cl)cc2)O3)CC1. The van der Waals surface area contributed by atoms with Crippen molar-refractivity contribution in [1.29, 1.82) is 0 Å². The van der Waals surface area contributed by atoms with Gasteiger partial charge in [-0.3, -0.25) is 0 Å². The number of carbonyl (C=O) groups excluding carboxylic acids is 1. The summed E-state index contributed by atoms with van der Waals surface area (Å²) in [6.07, 6.45) is 1.67. The van der Waals surface area contributed by atoms with Gasteiger partial charge < -0.3 is 19.1 Å². The fraction of sp³-hybridized carbons (Fsp3) is 0.375. The molecule has 0 N–H and O–H groups in total. The first-order chi connectivity index (χ1) is 14.7. The van der Waals surface area contributed by atoms with Crippen LogP contribution >= 0.6 is 11.6 Å². The van der Waals surface area contributed by atoms with Crippen LogP contribution in [0, 0.1) is 5.82 Å². The molecule has 2 aromatic carbocycles. The number of halogens is 2. The van der Waals surface area contributed by atoms with Crippen LogP contribution in [0.3, 0.4) is 0 Å². The topological polar surface area (TPSA) is 48.0 Å². The van der Waals surface area contributed by atoms with Crippen molar-refractivity contribution in [3.05, 3.63) is 64.4 Å². The number of hydrogen-bond acceptors (Lipinski definition) is 4. The second kappa shape index (κ2) is 8.42. The fourth-order valence-corrected chi connectivity index (χ4v) is 3.78. The zero-order valence-corrected chi connectivity index (χ0v) is 18.5. The molecule has 5 nitrogen and oxygen atoms in total. The lowest BCUT2D eigenvalue weighted by Crippen LogP contribution is -2.39. The summed E-state index contributed by atoms with van der Waals surface area (Å²) < 4.78 is 32.3. The van der Waals surface area contributed by atoms with E-state index in [0.29, 0.717) is 41.6 Å². The van der Waals surface area contributed by atoms with E-state index < -0.39 is 5.60 Å². The monoisotopic (exact) mass is 445 g/mol. The molecule has 0 aromatic heterocycles. The van der Waals surface area contributed by atoms with E-state index >= 15 is 0 Å². The van der Waals surface area contributed by atoms with Crippen LogP contribution in [0.25, 0.3) is 5.57 Å². The molecule has 0 radical (unpaired) electrons. The van der Waals surface area contributed by atoms with E-state index in [1.165, 1.54) is 6.07 Å². The molecule has 164 valence electrons. The number of fused-ring (bicyclic) bond motifs is 1. The fourth-order valence-electron chi connectivity index (χ4n) is 3.65. The zero-order chi connectivity index (χ0) is 22.2. The maximum atomic E-state index is 14.8. The molecule has 0 bridgehead atoms. The number of hydrogen-bond donors (Lipinski definition) is 0. The van der Waals surface area contributed by atoms with E-state index in [9.17, 15) is 9.18 Å². The van der Waals surface area contributed by atoms with E-state index in [0.717, 1.165) is 11.1 Å². The third-order valence-corrected chi connectivity index (χ3v) is 5.39. The summed E-state index contributed by atoms with van der Waals surface area (Å²) in [4.78, 5) is 13.9. The molecule has 2 aliphatic heterocycles. The van der Waals surface area contributed by atoms with Crippen molar-refractivity contribution in [1.82, 2.24) is 4.90 Å². The summed E-state index contributed by atoms with van der Waals surface area (Å²) in [6.45, 7) is 6.55. The first kappa shape index (κ1) is 21.5. The minimum atomic E-state index is -0.558. The standard InChI is InChI=1S/C24H25ClFNO4/c1-24(2,3)31-23(28)27-12-10-16(11-13-27)21-18(26)8-9-19-22(21)29-14-20(30-19)15-4-6-17(25)7-5-15/h4-10,20H,11-14H2,1-3H3/t20-/m0/s1. The predicted molar refractivity (Wildman–Crippen MR) is 117 cm³/mol. The average molecular weight is 446 g/mol. The van der Waals surface area contributed by atoms with Gasteiger partial charge in [0.15, 0.2) is 17.6 Å². The highest BCUT2D eigenvalue weighted by Crippen LogP contribution is 2.44. The van der Waals surface area contributed by atoms with Crippen LogP contribution in [0.4, 0.5) is 9.18 Å². The molecule has 1 atom stereocenters. The average Bonchev–Trinajstić information content (AvgIpc) is 2.73. The molecule has 1 amide bonds. The molecule has 0 aliphatic carbocycles. The first-order valence-corrected chi connectivity index (χ1v) is 10.6. The lowest BCUT2D eigenvalue weighted by Gasteiger charge is -2.32. The largest absolute Gasteiger partial charge is 0.485 e. The van der Waals surface area contributed by atoms with Crippen molar-refractivity contribution in [3.63, 3.8) is 0 Å². The number of ether oxygens (including phenoxy) is 3. The number of benzene rings is 2. The highest BCUT2D eigenvalue weighted by molar-refractivity contribution is 6.30. The molecular formula is C24H25ClFNO4. The van der Waals surface area contributed by atoms with Crippen molar-refractivity contribution < 1.29 is 23.4 Å². The molecule has 0 saturated carbocycles. The van der Waals surface area contributed by atoms with Crippen LogP contribution in [0.1, 0.15) is 44.4 Å². The van der Waals surface area contributed by atoms with Crippen molar-refractivity contribution in [3.8, 4) is 11.5 Å². The summed E-state index contributed by atoms with van der Waals surface area (Å²) in [5.41, 5.74) is 1.57. The molecule has 31 heavy (non-hydrogen) atoms. The molecule has 2 aliphatic rings. The molecule has 0 fully saturated rings. The molecule has 4 rings (SSSR count). The molecular weight excluding hydrogens is 421 g/mol. The molecule has 7 heteroatoms. The number of carbonyl (C=O) groups is 1. The van der Waals surface area contributed by atoms with Crippen molar-refractivity contribution >= 4 is 23.3 Å². The lowest BCUT2D eigenvalue weighted by atomic mass is 9.97. The van der Waals surface area contributed by atoms with Gasteiger partial charge in [-0.2, -0.15) is 0 Å². The summed E-state index contributed by atoms with van der Waals surface area (Å²) >= 11 is 5.96. The maximum absolute atomic E-state index is 14.8. The molecule has 0 saturated heterocycles. The first-order valence-electron chi connectivity index (χ1n) is 10.3. The van der Waals surface area contributed by atoms with Gasteiger partial charge >= 0.3 is 6.09 Å². The number of nitrogens with zero attached hydrogens (tertiary/aromatic N) is 1. The quantitative estimate of drug-likeness (QED) is 0.567. The van der Waals surface area contributed by atoms with E-state index in [1.807, 2.05) is 39.0 Å². The van der Waals surface area contributed by atoms with Crippen LogP contribution in [0.5, 0.6) is 11.5 Å². The van der Waals surface area contributed by atoms with Crippen LogP contribution in [0.2, 0.25) is 5.02 Å². The smallest absolute Gasteiger partial charge is 0.410 e. The summed E-state index contributed by atoms with van der Waals surface area (Å²) in [6, 6.07) is 10.4. The van der Waals surface area contributed by atoms with Crippen molar-refractivity contribution in [2.24, 2.45) is 0 Å². The maximum Gasteiger partial charge on any atom is 0.410 e. The van der Waals surface area contributed by atoms with E-state index in [4.69, 9.17) is 25.8 Å². The Balaban J connectivity index is 1.54. The minimum absolute atomic E-state index is 0.266. The van der Waals surface area contributed by atoms with Gasteiger partial charge in [-0.1, -0.05) is 29.8 Å². The molecule has 0 spiro atoms. The number of amides is 1. The van der Waals surface area contributed by atoms with Gasteiger partial charge in [0.2, 0.25) is 0 Å². The second-order valence-electron chi connectivity index (χ2n) is 8.62. The van der Waals surface area contributed by atoms with E-state index in [2.05, 4.69) is 0 Å². The Hall–Kier alpha value is -2.73. The highest BCUT2D eigenvalue weighted by Gasteiger charge is 2.30. The van der Waals surface area contributed by atoms with Crippen molar-refractivity contribution in [2.75, 3.05) is 19.7 Å². The van der Waals surface area contributed by atoms with Gasteiger partial charge in [0.05, 0.1) is 5.56 Å². The Morgan fingerprint density at radius 3 is 2.58 bits per heavy atom. The Morgan fingerprint density at radius 2 is 1.94 bits per heavy atom. The molecule has 0 unspecified atom stereocenters. The predicted octanol–water partition coefficient (Wildman–Crippen LogP) is 6.02. The van der Waals surface area contributed by atoms with Crippen LogP contribution in [-0.2, 0) is 4.74 Å². The third kappa shape index (κ3) is 4.79. The Bertz CT molecular complexity index is 1010. The Kier molecular flexibility index (Phi) is 5.84. The summed E-state index contributed by atoms with van der Waals surface area (Å²) in [5, 5.41) is 0.648. The summed E-state index contributed by atoms with van der Waals surface area (Å²) in [7, 11) is 0. The second-order valence-corrected chi connectivity index (χ2v) is 9.06. The van der Waals surface area contributed by atoms with E-state index in [-0.39, 0.29) is 24.6 Å². The van der Waals surface area contributed by atoms with Gasteiger partial charge in [0.1, 0.15) is 18.0 Å². The third-order valence-electron chi connectivity index (χ3n) is 5.14. The van der Waals surface area contributed by atoms with Crippen LogP contribution < -0.4 is 9.47 Å². The highest BCUT2D eigenvalue weighted by atomic mass is 35.5. The zero-order valence-electron chi connectivity index (χ0n) is 17.8. The molecule has 2 aromatic rings. The Morgan fingerprint density at radius 1 is 1.19 bits per heavy atom. The minimum Gasteiger partial charge on any atom is -0.485 e. The number of rotatable bonds is 2. The van der Waals surface area contributed by atoms with Gasteiger partial charge in [-0.25, -0.2) is 9.18 Å². The lowest BCUT2D eigenvalue weighted by molar-refractivity contribution is 0.0270. The van der Waals surface area contributed by atoms with Gasteiger partial charge in [-0.05, 0) is 62.6 Å². The van der Waals surface area contributed by atoms with Crippen molar-refractivity contribution in [2.45, 2.75) is 38.9 Å². The van der Waals surface area contributed by atoms with Gasteiger partial charge in [0.25, 0.3) is 0 Å². The summed E-state index contributed by atoms with van der Waals surface area (Å²) in [5.74, 6) is 0.532. The van der Waals surface area contributed by atoms with Crippen LogP contribution in [0.15, 0.2) is 42.5 Å². The van der Waals surface area contributed by atoms with Crippen LogP contribution in [-0.4, -0.2) is 36.3 Å². The normalized spacial score (nSPS) is 18.4. The Labute approximate surface area is 186 Å².